The van der Waals surface area contributed by atoms with E-state index in [1.807, 2.05) is 6.07 Å². The van der Waals surface area contributed by atoms with Gasteiger partial charge in [-0.15, -0.1) is 0 Å². The van der Waals surface area contributed by atoms with Gasteiger partial charge in [-0.25, -0.2) is 4.39 Å². The molecule has 0 spiro atoms. The zero-order chi connectivity index (χ0) is 13.5. The largest absolute Gasteiger partial charge is 0.494 e. The van der Waals surface area contributed by atoms with Crippen molar-refractivity contribution in [3.05, 3.63) is 64.4 Å². The second-order valence-corrected chi connectivity index (χ2v) is 5.22. The van der Waals surface area contributed by atoms with Crippen LogP contribution >= 0.6 is 15.9 Å². The molecule has 0 heterocycles. The van der Waals surface area contributed by atoms with Gasteiger partial charge >= 0.3 is 0 Å². The minimum atomic E-state index is -0.267. The standard InChI is InChI=1S/C16H16BrFO/c17-15-12-14(9-10-16(15)18)19-11-5-4-8-13-6-2-1-3-7-13/h1-3,6-7,9-10,12H,4-5,8,11H2. The highest BCUT2D eigenvalue weighted by Gasteiger charge is 2.01. The molecule has 0 unspecified atom stereocenters. The van der Waals surface area contributed by atoms with E-state index < -0.39 is 0 Å². The van der Waals surface area contributed by atoms with Gasteiger partial charge < -0.3 is 4.74 Å². The van der Waals surface area contributed by atoms with Crippen LogP contribution in [0.4, 0.5) is 4.39 Å². The van der Waals surface area contributed by atoms with Gasteiger partial charge in [-0.1, -0.05) is 30.3 Å². The van der Waals surface area contributed by atoms with Gasteiger partial charge in [0, 0.05) is 0 Å². The van der Waals surface area contributed by atoms with Crippen molar-refractivity contribution in [3.8, 4) is 5.75 Å². The van der Waals surface area contributed by atoms with Crippen molar-refractivity contribution in [2.24, 2.45) is 0 Å². The molecule has 0 aliphatic rings. The van der Waals surface area contributed by atoms with E-state index >= 15 is 0 Å². The lowest BCUT2D eigenvalue weighted by molar-refractivity contribution is 0.306. The predicted molar refractivity (Wildman–Crippen MR) is 79.0 cm³/mol. The van der Waals surface area contributed by atoms with E-state index in [1.54, 1.807) is 12.1 Å². The quantitative estimate of drug-likeness (QED) is 0.681. The molecule has 2 aromatic carbocycles. The van der Waals surface area contributed by atoms with E-state index in [0.717, 1.165) is 19.3 Å². The minimum absolute atomic E-state index is 0.267. The molecule has 0 saturated carbocycles. The SMILES string of the molecule is Fc1ccc(OCCCCc2ccccc2)cc1Br. The Balaban J connectivity index is 1.68. The van der Waals surface area contributed by atoms with Gasteiger partial charge in [0.1, 0.15) is 11.6 Å². The van der Waals surface area contributed by atoms with E-state index in [-0.39, 0.29) is 5.82 Å². The van der Waals surface area contributed by atoms with Gasteiger partial charge in [-0.05, 0) is 59.0 Å². The third kappa shape index (κ3) is 4.67. The third-order valence-electron chi connectivity index (χ3n) is 2.86. The minimum Gasteiger partial charge on any atom is -0.494 e. The molecule has 1 nitrogen and oxygen atoms in total. The Hall–Kier alpha value is -1.35. The summed E-state index contributed by atoms with van der Waals surface area (Å²) in [5, 5.41) is 0. The average Bonchev–Trinajstić information content (AvgIpc) is 2.43. The molecule has 0 saturated heterocycles. The Bertz CT molecular complexity index is 513. The van der Waals surface area contributed by atoms with Crippen LogP contribution in [0.5, 0.6) is 5.75 Å². The number of ether oxygens (including phenoxy) is 1. The lowest BCUT2D eigenvalue weighted by Crippen LogP contribution is -1.98. The molecule has 0 atom stereocenters. The van der Waals surface area contributed by atoms with Crippen LogP contribution in [0.3, 0.4) is 0 Å². The molecule has 2 rings (SSSR count). The van der Waals surface area contributed by atoms with Crippen molar-refractivity contribution in [2.45, 2.75) is 19.3 Å². The van der Waals surface area contributed by atoms with Gasteiger partial charge in [0.2, 0.25) is 0 Å². The number of aryl methyl sites for hydroxylation is 1. The maximum atomic E-state index is 13.0. The fourth-order valence-electron chi connectivity index (χ4n) is 1.83. The highest BCUT2D eigenvalue weighted by atomic mass is 79.9. The normalized spacial score (nSPS) is 10.4. The Morgan fingerprint density at radius 1 is 1.00 bits per heavy atom. The summed E-state index contributed by atoms with van der Waals surface area (Å²) in [5.74, 6) is 0.435. The Kier molecular flexibility index (Phi) is 5.40. The number of hydrogen-bond donors (Lipinski definition) is 0. The number of halogens is 2. The molecule has 3 heteroatoms. The second kappa shape index (κ2) is 7.29. The molecule has 0 aromatic heterocycles. The Morgan fingerprint density at radius 2 is 1.79 bits per heavy atom. The van der Waals surface area contributed by atoms with Crippen molar-refractivity contribution >= 4 is 15.9 Å². The summed E-state index contributed by atoms with van der Waals surface area (Å²) in [4.78, 5) is 0. The fourth-order valence-corrected chi connectivity index (χ4v) is 2.19. The summed E-state index contributed by atoms with van der Waals surface area (Å²) in [6.45, 7) is 0.658. The van der Waals surface area contributed by atoms with Crippen LogP contribution < -0.4 is 4.74 Å². The van der Waals surface area contributed by atoms with E-state index in [4.69, 9.17) is 4.74 Å². The molecule has 0 amide bonds. The molecule has 0 fully saturated rings. The molecule has 0 aliphatic heterocycles. The van der Waals surface area contributed by atoms with Crippen LogP contribution in [-0.2, 0) is 6.42 Å². The number of unbranched alkanes of at least 4 members (excludes halogenated alkanes) is 1. The smallest absolute Gasteiger partial charge is 0.137 e. The lowest BCUT2D eigenvalue weighted by Gasteiger charge is -2.07. The van der Waals surface area contributed by atoms with Crippen molar-refractivity contribution in [3.63, 3.8) is 0 Å². The molecule has 0 N–H and O–H groups in total. The van der Waals surface area contributed by atoms with Crippen molar-refractivity contribution in [1.29, 1.82) is 0 Å². The van der Waals surface area contributed by atoms with Crippen LogP contribution in [0.25, 0.3) is 0 Å². The monoisotopic (exact) mass is 322 g/mol. The molecule has 19 heavy (non-hydrogen) atoms. The van der Waals surface area contributed by atoms with Gasteiger partial charge in [-0.3, -0.25) is 0 Å². The van der Waals surface area contributed by atoms with Crippen LogP contribution in [0.15, 0.2) is 53.0 Å². The summed E-state index contributed by atoms with van der Waals surface area (Å²) in [7, 11) is 0. The van der Waals surface area contributed by atoms with Crippen LogP contribution in [0.1, 0.15) is 18.4 Å². The second-order valence-electron chi connectivity index (χ2n) is 4.37. The Labute approximate surface area is 121 Å². The van der Waals surface area contributed by atoms with Gasteiger partial charge in [0.15, 0.2) is 0 Å². The number of rotatable bonds is 6. The zero-order valence-corrected chi connectivity index (χ0v) is 12.2. The Morgan fingerprint density at radius 3 is 2.53 bits per heavy atom. The molecular weight excluding hydrogens is 307 g/mol. The van der Waals surface area contributed by atoms with Crippen molar-refractivity contribution in [1.82, 2.24) is 0 Å². The first-order valence-electron chi connectivity index (χ1n) is 6.37. The molecule has 0 radical (unpaired) electrons. The van der Waals surface area contributed by atoms with E-state index in [9.17, 15) is 4.39 Å². The van der Waals surface area contributed by atoms with E-state index in [2.05, 4.69) is 40.2 Å². The van der Waals surface area contributed by atoms with Crippen molar-refractivity contribution in [2.75, 3.05) is 6.61 Å². The summed E-state index contributed by atoms with van der Waals surface area (Å²) >= 11 is 3.14. The first-order valence-corrected chi connectivity index (χ1v) is 7.17. The summed E-state index contributed by atoms with van der Waals surface area (Å²) in [5.41, 5.74) is 1.35. The molecule has 100 valence electrons. The van der Waals surface area contributed by atoms with Gasteiger partial charge in [0.25, 0.3) is 0 Å². The predicted octanol–water partition coefficient (Wildman–Crippen LogP) is 4.99. The number of benzene rings is 2. The fraction of sp³-hybridized carbons (Fsp3) is 0.250. The maximum Gasteiger partial charge on any atom is 0.137 e. The van der Waals surface area contributed by atoms with Gasteiger partial charge in [-0.2, -0.15) is 0 Å². The van der Waals surface area contributed by atoms with Crippen LogP contribution in [0.2, 0.25) is 0 Å². The van der Waals surface area contributed by atoms with Crippen LogP contribution in [-0.4, -0.2) is 6.61 Å². The third-order valence-corrected chi connectivity index (χ3v) is 3.47. The summed E-state index contributed by atoms with van der Waals surface area (Å²) in [6.07, 6.45) is 3.15. The lowest BCUT2D eigenvalue weighted by atomic mass is 10.1. The van der Waals surface area contributed by atoms with Gasteiger partial charge in [0.05, 0.1) is 11.1 Å². The molecule has 0 aliphatic carbocycles. The number of hydrogen-bond acceptors (Lipinski definition) is 1. The van der Waals surface area contributed by atoms with E-state index in [1.165, 1.54) is 11.6 Å². The summed E-state index contributed by atoms with van der Waals surface area (Å²) < 4.78 is 19.0. The van der Waals surface area contributed by atoms with E-state index in [0.29, 0.717) is 16.8 Å². The molecule has 0 bridgehead atoms. The molecular formula is C16H16BrFO. The first-order chi connectivity index (χ1) is 9.25. The highest BCUT2D eigenvalue weighted by molar-refractivity contribution is 9.10. The maximum absolute atomic E-state index is 13.0. The average molecular weight is 323 g/mol. The summed E-state index contributed by atoms with van der Waals surface area (Å²) in [6, 6.07) is 15.1. The molecule has 2 aromatic rings. The topological polar surface area (TPSA) is 9.23 Å². The zero-order valence-electron chi connectivity index (χ0n) is 10.6. The van der Waals surface area contributed by atoms with Crippen LogP contribution in [0, 0.1) is 5.82 Å². The highest BCUT2D eigenvalue weighted by Crippen LogP contribution is 2.21. The van der Waals surface area contributed by atoms with Crippen molar-refractivity contribution < 1.29 is 9.13 Å². The first kappa shape index (κ1) is 14.1.